The molecule has 19 heavy (non-hydrogen) atoms. The van der Waals surface area contributed by atoms with E-state index in [0.717, 1.165) is 30.4 Å². The van der Waals surface area contributed by atoms with E-state index in [0.29, 0.717) is 5.75 Å². The fraction of sp³-hybridized carbons (Fsp3) is 0.462. The Morgan fingerprint density at radius 1 is 1.32 bits per heavy atom. The molecule has 1 saturated heterocycles. The fourth-order valence-corrected chi connectivity index (χ4v) is 2.18. The van der Waals surface area contributed by atoms with Crippen LogP contribution in [0.1, 0.15) is 12.8 Å². The van der Waals surface area contributed by atoms with E-state index in [1.165, 1.54) is 0 Å². The van der Waals surface area contributed by atoms with Gasteiger partial charge < -0.3 is 15.4 Å². The molecule has 4 nitrogen and oxygen atoms in total. The van der Waals surface area contributed by atoms with Gasteiger partial charge in [-0.15, -0.1) is 12.4 Å². The molecule has 0 aliphatic carbocycles. The van der Waals surface area contributed by atoms with Crippen LogP contribution in [0.2, 0.25) is 0 Å². The third-order valence-corrected chi connectivity index (χ3v) is 3.60. The summed E-state index contributed by atoms with van der Waals surface area (Å²) in [6.07, 6.45) is 1.76. The smallest absolute Gasteiger partial charge is 0.260 e. The molecule has 1 fully saturated rings. The van der Waals surface area contributed by atoms with E-state index in [-0.39, 0.29) is 31.0 Å². The van der Waals surface area contributed by atoms with Crippen molar-refractivity contribution in [3.8, 4) is 5.75 Å². The first-order chi connectivity index (χ1) is 8.65. The molecule has 1 heterocycles. The first kappa shape index (κ1) is 16.3. The van der Waals surface area contributed by atoms with E-state index >= 15 is 0 Å². The van der Waals surface area contributed by atoms with E-state index in [9.17, 15) is 4.79 Å². The summed E-state index contributed by atoms with van der Waals surface area (Å²) in [4.78, 5) is 13.7. The summed E-state index contributed by atoms with van der Waals surface area (Å²) in [6.45, 7) is 1.57. The summed E-state index contributed by atoms with van der Waals surface area (Å²) in [7, 11) is 0. The number of carbonyl (C=O) groups is 1. The molecule has 1 amide bonds. The van der Waals surface area contributed by atoms with Gasteiger partial charge in [0, 0.05) is 23.6 Å². The maximum absolute atomic E-state index is 11.9. The van der Waals surface area contributed by atoms with Gasteiger partial charge >= 0.3 is 0 Å². The predicted molar refractivity (Wildman–Crippen MR) is 80.7 cm³/mol. The van der Waals surface area contributed by atoms with Crippen LogP contribution in [-0.4, -0.2) is 36.5 Å². The number of rotatable bonds is 3. The summed E-state index contributed by atoms with van der Waals surface area (Å²) >= 11 is 3.35. The van der Waals surface area contributed by atoms with Crippen molar-refractivity contribution in [1.29, 1.82) is 0 Å². The number of hydrogen-bond donors (Lipinski definition) is 1. The molecule has 1 aliphatic rings. The van der Waals surface area contributed by atoms with Crippen LogP contribution >= 0.6 is 28.3 Å². The average molecular weight is 350 g/mol. The van der Waals surface area contributed by atoms with Crippen LogP contribution in [0.3, 0.4) is 0 Å². The van der Waals surface area contributed by atoms with Gasteiger partial charge in [0.2, 0.25) is 0 Å². The van der Waals surface area contributed by atoms with Crippen molar-refractivity contribution in [2.75, 3.05) is 19.7 Å². The Balaban J connectivity index is 0.00000180. The van der Waals surface area contributed by atoms with Crippen LogP contribution in [0.25, 0.3) is 0 Å². The average Bonchev–Trinajstić information content (AvgIpc) is 2.38. The van der Waals surface area contributed by atoms with Crippen molar-refractivity contribution >= 4 is 34.2 Å². The molecule has 106 valence electrons. The third-order valence-electron chi connectivity index (χ3n) is 3.07. The number of ether oxygens (including phenoxy) is 1. The highest BCUT2D eigenvalue weighted by Crippen LogP contribution is 2.16. The first-order valence-corrected chi connectivity index (χ1v) is 6.86. The largest absolute Gasteiger partial charge is 0.484 e. The number of benzene rings is 1. The van der Waals surface area contributed by atoms with Crippen molar-refractivity contribution in [3.05, 3.63) is 28.7 Å². The zero-order chi connectivity index (χ0) is 13.0. The summed E-state index contributed by atoms with van der Waals surface area (Å²) in [5.74, 6) is 0.741. The SMILES string of the molecule is Cl.NC1CCN(C(=O)COc2ccc(Br)cc2)CC1. The van der Waals surface area contributed by atoms with Crippen LogP contribution in [-0.2, 0) is 4.79 Å². The van der Waals surface area contributed by atoms with Crippen molar-refractivity contribution < 1.29 is 9.53 Å². The fourth-order valence-electron chi connectivity index (χ4n) is 1.92. The van der Waals surface area contributed by atoms with Gasteiger partial charge in [0.05, 0.1) is 0 Å². The summed E-state index contributed by atoms with van der Waals surface area (Å²) in [6, 6.07) is 7.69. The number of likely N-dealkylation sites (tertiary alicyclic amines) is 1. The van der Waals surface area contributed by atoms with Gasteiger partial charge in [-0.3, -0.25) is 4.79 Å². The molecule has 1 aliphatic heterocycles. The lowest BCUT2D eigenvalue weighted by Gasteiger charge is -2.30. The van der Waals surface area contributed by atoms with Gasteiger partial charge in [0.25, 0.3) is 5.91 Å². The van der Waals surface area contributed by atoms with Crippen LogP contribution in [0.15, 0.2) is 28.7 Å². The van der Waals surface area contributed by atoms with E-state index in [2.05, 4.69) is 15.9 Å². The number of nitrogens with zero attached hydrogens (tertiary/aromatic N) is 1. The highest BCUT2D eigenvalue weighted by Gasteiger charge is 2.20. The number of piperidine rings is 1. The van der Waals surface area contributed by atoms with Crippen LogP contribution in [0, 0.1) is 0 Å². The minimum atomic E-state index is 0. The molecular formula is C13H18BrClN2O2. The van der Waals surface area contributed by atoms with Gasteiger partial charge in [-0.2, -0.15) is 0 Å². The van der Waals surface area contributed by atoms with E-state index in [1.807, 2.05) is 29.2 Å². The molecule has 0 saturated carbocycles. The minimum Gasteiger partial charge on any atom is -0.484 e. The summed E-state index contributed by atoms with van der Waals surface area (Å²) in [5.41, 5.74) is 5.80. The Labute approximate surface area is 127 Å². The highest BCUT2D eigenvalue weighted by atomic mass is 79.9. The molecule has 0 spiro atoms. The van der Waals surface area contributed by atoms with Crippen molar-refractivity contribution in [1.82, 2.24) is 4.90 Å². The van der Waals surface area contributed by atoms with Crippen LogP contribution in [0.5, 0.6) is 5.75 Å². The van der Waals surface area contributed by atoms with Gasteiger partial charge in [0.1, 0.15) is 5.75 Å². The number of halogens is 2. The molecule has 1 aromatic rings. The third kappa shape index (κ3) is 5.01. The van der Waals surface area contributed by atoms with E-state index in [1.54, 1.807) is 0 Å². The molecule has 0 bridgehead atoms. The Morgan fingerprint density at radius 3 is 2.47 bits per heavy atom. The molecule has 2 rings (SSSR count). The highest BCUT2D eigenvalue weighted by molar-refractivity contribution is 9.10. The maximum atomic E-state index is 11.9. The molecule has 0 unspecified atom stereocenters. The van der Waals surface area contributed by atoms with E-state index < -0.39 is 0 Å². The molecule has 0 aromatic heterocycles. The number of carbonyl (C=O) groups excluding carboxylic acids is 1. The monoisotopic (exact) mass is 348 g/mol. The number of amides is 1. The second kappa shape index (κ2) is 7.72. The molecular weight excluding hydrogens is 332 g/mol. The topological polar surface area (TPSA) is 55.6 Å². The lowest BCUT2D eigenvalue weighted by molar-refractivity contribution is -0.134. The Kier molecular flexibility index (Phi) is 6.62. The first-order valence-electron chi connectivity index (χ1n) is 6.07. The van der Waals surface area contributed by atoms with E-state index in [4.69, 9.17) is 10.5 Å². The van der Waals surface area contributed by atoms with Crippen molar-refractivity contribution in [3.63, 3.8) is 0 Å². The zero-order valence-electron chi connectivity index (χ0n) is 10.5. The number of hydrogen-bond acceptors (Lipinski definition) is 3. The maximum Gasteiger partial charge on any atom is 0.260 e. The summed E-state index contributed by atoms with van der Waals surface area (Å²) in [5, 5.41) is 0. The summed E-state index contributed by atoms with van der Waals surface area (Å²) < 4.78 is 6.45. The molecule has 2 N–H and O–H groups in total. The van der Waals surface area contributed by atoms with Crippen molar-refractivity contribution in [2.24, 2.45) is 5.73 Å². The predicted octanol–water partition coefficient (Wildman–Crippen LogP) is 2.20. The quantitative estimate of drug-likeness (QED) is 0.910. The standard InChI is InChI=1S/C13H17BrN2O2.ClH/c14-10-1-3-12(4-2-10)18-9-13(17)16-7-5-11(15)6-8-16;/h1-4,11H,5-9,15H2;1H. The molecule has 0 atom stereocenters. The second-order valence-electron chi connectivity index (χ2n) is 4.46. The normalized spacial score (nSPS) is 15.8. The molecule has 1 aromatic carbocycles. The minimum absolute atomic E-state index is 0. The van der Waals surface area contributed by atoms with Gasteiger partial charge in [0.15, 0.2) is 6.61 Å². The van der Waals surface area contributed by atoms with Crippen molar-refractivity contribution in [2.45, 2.75) is 18.9 Å². The lowest BCUT2D eigenvalue weighted by atomic mass is 10.1. The lowest BCUT2D eigenvalue weighted by Crippen LogP contribution is -2.44. The Bertz CT molecular complexity index is 406. The number of nitrogens with two attached hydrogens (primary N) is 1. The second-order valence-corrected chi connectivity index (χ2v) is 5.38. The zero-order valence-corrected chi connectivity index (χ0v) is 13.0. The Hall–Kier alpha value is -0.780. The van der Waals surface area contributed by atoms with Gasteiger partial charge in [-0.25, -0.2) is 0 Å². The van der Waals surface area contributed by atoms with Gasteiger partial charge in [-0.05, 0) is 37.1 Å². The van der Waals surface area contributed by atoms with Crippen LogP contribution < -0.4 is 10.5 Å². The Morgan fingerprint density at radius 2 is 1.89 bits per heavy atom. The van der Waals surface area contributed by atoms with Crippen LogP contribution in [0.4, 0.5) is 0 Å². The van der Waals surface area contributed by atoms with Gasteiger partial charge in [-0.1, -0.05) is 15.9 Å². The molecule has 6 heteroatoms. The molecule has 0 radical (unpaired) electrons.